The molecule has 0 aromatic heterocycles. The first-order valence-electron chi connectivity index (χ1n) is 3.51. The van der Waals surface area contributed by atoms with E-state index in [1.165, 1.54) is 6.07 Å². The molecule has 0 fully saturated rings. The summed E-state index contributed by atoms with van der Waals surface area (Å²) >= 11 is 0. The van der Waals surface area contributed by atoms with Gasteiger partial charge < -0.3 is 14.4 Å². The van der Waals surface area contributed by atoms with Crippen LogP contribution in [0.5, 0.6) is 0 Å². The molecule has 14 heavy (non-hydrogen) atoms. The van der Waals surface area contributed by atoms with Gasteiger partial charge in [-0.25, -0.2) is 0 Å². The van der Waals surface area contributed by atoms with Crippen LogP contribution < -0.4 is 52.8 Å². The molecule has 1 rings (SSSR count). The van der Waals surface area contributed by atoms with Gasteiger partial charge in [0.25, 0.3) is 0 Å². The molecule has 0 aliphatic heterocycles. The van der Waals surface area contributed by atoms with E-state index in [-0.39, 0.29) is 43.0 Å². The van der Waals surface area contributed by atoms with Crippen LogP contribution in [0.1, 0.15) is 11.1 Å². The van der Waals surface area contributed by atoms with E-state index in [0.717, 1.165) is 5.56 Å². The Morgan fingerprint density at radius 2 is 1.64 bits per heavy atom. The zero-order valence-corrected chi connectivity index (χ0v) is 9.80. The molecular formula is C8H9Li2O3P. The van der Waals surface area contributed by atoms with Crippen LogP contribution >= 0.6 is 7.60 Å². The molecular weight excluding hydrogens is 189 g/mol. The van der Waals surface area contributed by atoms with Crippen LogP contribution in [0.3, 0.4) is 0 Å². The van der Waals surface area contributed by atoms with Gasteiger partial charge in [-0.15, -0.1) is 0 Å². The fraction of sp³-hybridized carbons (Fsp3) is 0.250. The Hall–Kier alpha value is 0.565. The standard InChI is InChI=1S/C8H11O3P.2Li/c1-6-3-4-7(2)8(5-6)12(9,10)11;;/h3-5H,1-2H3,(H2,9,10,11);;/q;2*+1/p-2. The minimum atomic E-state index is -4.58. The third-order valence-electron chi connectivity index (χ3n) is 1.66. The molecule has 0 aliphatic rings. The summed E-state index contributed by atoms with van der Waals surface area (Å²) in [5.41, 5.74) is 1.29. The van der Waals surface area contributed by atoms with Crippen molar-refractivity contribution in [1.29, 1.82) is 0 Å². The van der Waals surface area contributed by atoms with E-state index < -0.39 is 7.60 Å². The number of benzene rings is 1. The summed E-state index contributed by atoms with van der Waals surface area (Å²) in [5.74, 6) is 0. The second-order valence-corrected chi connectivity index (χ2v) is 4.26. The average molecular weight is 198 g/mol. The van der Waals surface area contributed by atoms with Gasteiger partial charge in [0.05, 0.1) is 0 Å². The van der Waals surface area contributed by atoms with Crippen molar-refractivity contribution in [1.82, 2.24) is 0 Å². The van der Waals surface area contributed by atoms with Crippen LogP contribution in [-0.4, -0.2) is 0 Å². The topological polar surface area (TPSA) is 63.2 Å². The molecule has 0 saturated carbocycles. The van der Waals surface area contributed by atoms with E-state index >= 15 is 0 Å². The molecule has 0 atom stereocenters. The Morgan fingerprint density at radius 1 is 1.14 bits per heavy atom. The van der Waals surface area contributed by atoms with E-state index in [0.29, 0.717) is 5.56 Å². The van der Waals surface area contributed by atoms with Crippen molar-refractivity contribution in [3.05, 3.63) is 29.3 Å². The van der Waals surface area contributed by atoms with Crippen molar-refractivity contribution in [3.63, 3.8) is 0 Å². The smallest absolute Gasteiger partial charge is 0.807 e. The van der Waals surface area contributed by atoms with Crippen LogP contribution in [-0.2, 0) is 4.57 Å². The molecule has 0 saturated heterocycles. The first-order chi connectivity index (χ1) is 5.41. The molecule has 0 N–H and O–H groups in total. The van der Waals surface area contributed by atoms with Gasteiger partial charge >= 0.3 is 37.7 Å². The fourth-order valence-corrected chi connectivity index (χ4v) is 1.88. The van der Waals surface area contributed by atoms with Crippen LogP contribution in [0.15, 0.2) is 18.2 Å². The Bertz CT molecular complexity index is 348. The molecule has 0 radical (unpaired) electrons. The molecule has 0 bridgehead atoms. The van der Waals surface area contributed by atoms with Gasteiger partial charge in [0.1, 0.15) is 0 Å². The van der Waals surface area contributed by atoms with E-state index in [1.54, 1.807) is 26.0 Å². The Labute approximate surface area is 108 Å². The van der Waals surface area contributed by atoms with Gasteiger partial charge in [-0.1, -0.05) is 23.8 Å². The molecule has 0 heterocycles. The van der Waals surface area contributed by atoms with Crippen LogP contribution in [0.4, 0.5) is 0 Å². The predicted octanol–water partition coefficient (Wildman–Crippen LogP) is -6.15. The maximum Gasteiger partial charge on any atom is 1.00 e. The van der Waals surface area contributed by atoms with Crippen LogP contribution in [0.2, 0.25) is 0 Å². The number of rotatable bonds is 1. The van der Waals surface area contributed by atoms with Crippen molar-refractivity contribution in [3.8, 4) is 0 Å². The molecule has 1 aromatic rings. The monoisotopic (exact) mass is 198 g/mol. The minimum Gasteiger partial charge on any atom is -0.807 e. The maximum atomic E-state index is 10.7. The second kappa shape index (κ2) is 6.21. The number of aryl methyl sites for hydroxylation is 2. The van der Waals surface area contributed by atoms with Crippen molar-refractivity contribution >= 4 is 12.9 Å². The summed E-state index contributed by atoms with van der Waals surface area (Å²) in [6.07, 6.45) is 0. The Morgan fingerprint density at radius 3 is 2.00 bits per heavy atom. The fourth-order valence-electron chi connectivity index (χ4n) is 1.01. The summed E-state index contributed by atoms with van der Waals surface area (Å²) in [4.78, 5) is 21.4. The van der Waals surface area contributed by atoms with Gasteiger partial charge in [-0.2, -0.15) is 0 Å². The van der Waals surface area contributed by atoms with E-state index in [9.17, 15) is 14.4 Å². The van der Waals surface area contributed by atoms with Gasteiger partial charge in [-0.05, 0) is 32.3 Å². The molecule has 1 aromatic carbocycles. The van der Waals surface area contributed by atoms with Gasteiger partial charge in [-0.3, -0.25) is 0 Å². The van der Waals surface area contributed by atoms with E-state index in [1.807, 2.05) is 0 Å². The SMILES string of the molecule is Cc1ccc(C)c(P(=O)([O-])[O-])c1.[Li+].[Li+]. The summed E-state index contributed by atoms with van der Waals surface area (Å²) in [7, 11) is -4.58. The average Bonchev–Trinajstić information content (AvgIpc) is 1.92. The van der Waals surface area contributed by atoms with E-state index in [4.69, 9.17) is 0 Å². The second-order valence-electron chi connectivity index (χ2n) is 2.79. The van der Waals surface area contributed by atoms with Crippen molar-refractivity contribution in [2.75, 3.05) is 0 Å². The largest absolute Gasteiger partial charge is 1.00 e. The van der Waals surface area contributed by atoms with Crippen molar-refractivity contribution in [2.45, 2.75) is 13.8 Å². The third kappa shape index (κ3) is 4.39. The normalized spacial score (nSPS) is 10.0. The quantitative estimate of drug-likeness (QED) is 0.333. The first-order valence-corrected chi connectivity index (χ1v) is 5.05. The van der Waals surface area contributed by atoms with Gasteiger partial charge in [0.2, 0.25) is 0 Å². The summed E-state index contributed by atoms with van der Waals surface area (Å²) < 4.78 is 10.7. The zero-order valence-electron chi connectivity index (χ0n) is 8.90. The third-order valence-corrected chi connectivity index (χ3v) is 2.73. The summed E-state index contributed by atoms with van der Waals surface area (Å²) in [6, 6.07) is 4.80. The van der Waals surface area contributed by atoms with Gasteiger partial charge in [0.15, 0.2) is 0 Å². The first kappa shape index (κ1) is 17.0. The van der Waals surface area contributed by atoms with Crippen LogP contribution in [0, 0.1) is 13.8 Å². The molecule has 0 spiro atoms. The minimum absolute atomic E-state index is 0. The predicted molar refractivity (Wildman–Crippen MR) is 43.2 cm³/mol. The Balaban J connectivity index is 0. The molecule has 6 heteroatoms. The zero-order chi connectivity index (χ0) is 9.35. The summed E-state index contributed by atoms with van der Waals surface area (Å²) in [5, 5.41) is -0.0949. The van der Waals surface area contributed by atoms with Crippen molar-refractivity contribution < 1.29 is 52.1 Å². The van der Waals surface area contributed by atoms with E-state index in [2.05, 4.69) is 0 Å². The van der Waals surface area contributed by atoms with Gasteiger partial charge in [0, 0.05) is 0 Å². The molecule has 0 unspecified atom stereocenters. The maximum absolute atomic E-state index is 10.7. The molecule has 3 nitrogen and oxygen atoms in total. The van der Waals surface area contributed by atoms with Crippen LogP contribution in [0.25, 0.3) is 0 Å². The molecule has 0 aliphatic carbocycles. The number of hydrogen-bond acceptors (Lipinski definition) is 3. The number of hydrogen-bond donors (Lipinski definition) is 0. The Kier molecular flexibility index (Phi) is 7.53. The molecule has 0 amide bonds. The van der Waals surface area contributed by atoms with Crippen molar-refractivity contribution in [2.24, 2.45) is 0 Å². The molecule has 66 valence electrons. The summed E-state index contributed by atoms with van der Waals surface area (Å²) in [6.45, 7) is 3.36.